The van der Waals surface area contributed by atoms with Gasteiger partial charge in [-0.3, -0.25) is 14.4 Å². The number of amides is 3. The fraction of sp³-hybridized carbons (Fsp3) is 0.531. The van der Waals surface area contributed by atoms with Gasteiger partial charge in [-0.1, -0.05) is 17.7 Å². The summed E-state index contributed by atoms with van der Waals surface area (Å²) in [6, 6.07) is 12.4. The van der Waals surface area contributed by atoms with E-state index in [0.29, 0.717) is 55.4 Å². The second kappa shape index (κ2) is 12.5. The van der Waals surface area contributed by atoms with E-state index in [1.54, 1.807) is 4.90 Å². The van der Waals surface area contributed by atoms with E-state index in [9.17, 15) is 18.8 Å². The van der Waals surface area contributed by atoms with Crippen molar-refractivity contribution in [2.45, 2.75) is 76.4 Å². The van der Waals surface area contributed by atoms with Gasteiger partial charge in [-0.15, -0.1) is 0 Å². The molecule has 0 radical (unpaired) electrons. The third kappa shape index (κ3) is 6.54. The minimum Gasteiger partial charge on any atom is -0.354 e. The van der Waals surface area contributed by atoms with Crippen LogP contribution >= 0.6 is 0 Å². The molecule has 0 aromatic heterocycles. The molecule has 2 aliphatic carbocycles. The van der Waals surface area contributed by atoms with Crippen molar-refractivity contribution in [3.8, 4) is 0 Å². The predicted octanol–water partition coefficient (Wildman–Crippen LogP) is 4.29. The highest BCUT2D eigenvalue weighted by molar-refractivity contribution is 5.98. The van der Waals surface area contributed by atoms with Crippen LogP contribution in [-0.4, -0.2) is 65.3 Å². The molecule has 3 fully saturated rings. The zero-order valence-electron chi connectivity index (χ0n) is 23.4. The van der Waals surface area contributed by atoms with Crippen LogP contribution in [0, 0.1) is 24.6 Å². The molecule has 2 atom stereocenters. The third-order valence-electron chi connectivity index (χ3n) is 8.93. The maximum Gasteiger partial charge on any atom is 0.254 e. The summed E-state index contributed by atoms with van der Waals surface area (Å²) in [4.78, 5) is 44.6. The van der Waals surface area contributed by atoms with Gasteiger partial charge in [0.2, 0.25) is 5.91 Å². The normalized spacial score (nSPS) is 24.8. The number of nitrogens with zero attached hydrogens (tertiary/aromatic N) is 2. The Morgan fingerprint density at radius 2 is 1.62 bits per heavy atom. The molecule has 1 heterocycles. The number of likely N-dealkylation sites (tertiary alicyclic amines) is 1. The van der Waals surface area contributed by atoms with Crippen LogP contribution in [0.2, 0.25) is 0 Å². The molecule has 0 bridgehead atoms. The number of hydrogen-bond donors (Lipinski definition) is 2. The first kappa shape index (κ1) is 28.3. The van der Waals surface area contributed by atoms with Crippen molar-refractivity contribution in [1.29, 1.82) is 0 Å². The van der Waals surface area contributed by atoms with Crippen LogP contribution in [0.4, 0.5) is 4.39 Å². The van der Waals surface area contributed by atoms with Gasteiger partial charge in [-0.2, -0.15) is 0 Å². The minimum absolute atomic E-state index is 0.00895. The number of rotatable bonds is 8. The maximum absolute atomic E-state index is 13.7. The summed E-state index contributed by atoms with van der Waals surface area (Å²) in [7, 11) is 0. The first-order chi connectivity index (χ1) is 19.3. The molecule has 3 aliphatic rings. The van der Waals surface area contributed by atoms with Gasteiger partial charge < -0.3 is 20.9 Å². The highest BCUT2D eigenvalue weighted by Crippen LogP contribution is 2.35. The Morgan fingerprint density at radius 1 is 0.925 bits per heavy atom. The number of hydrogen-bond acceptors (Lipinski definition) is 4. The second-order valence-corrected chi connectivity index (χ2v) is 11.9. The summed E-state index contributed by atoms with van der Waals surface area (Å²) in [5.41, 5.74) is 7.88. The average Bonchev–Trinajstić information content (AvgIpc) is 3.81. The maximum atomic E-state index is 13.7. The largest absolute Gasteiger partial charge is 0.354 e. The van der Waals surface area contributed by atoms with Crippen molar-refractivity contribution in [3.05, 3.63) is 71.0 Å². The number of halogens is 1. The molecule has 5 rings (SSSR count). The zero-order valence-corrected chi connectivity index (χ0v) is 23.4. The van der Waals surface area contributed by atoms with Crippen molar-refractivity contribution < 1.29 is 18.8 Å². The van der Waals surface area contributed by atoms with Crippen molar-refractivity contribution in [3.63, 3.8) is 0 Å². The number of nitrogens with one attached hydrogen (secondary N) is 1. The molecule has 1 saturated heterocycles. The van der Waals surface area contributed by atoms with Gasteiger partial charge in [-0.05, 0) is 113 Å². The number of benzene rings is 2. The Balaban J connectivity index is 1.34. The summed E-state index contributed by atoms with van der Waals surface area (Å²) in [6.45, 7) is 3.61. The molecule has 8 heteroatoms. The van der Waals surface area contributed by atoms with E-state index in [1.807, 2.05) is 36.1 Å². The fourth-order valence-electron chi connectivity index (χ4n) is 6.39. The Hall–Kier alpha value is -3.26. The van der Waals surface area contributed by atoms with Crippen molar-refractivity contribution in [2.24, 2.45) is 17.6 Å². The van der Waals surface area contributed by atoms with Crippen molar-refractivity contribution >= 4 is 17.7 Å². The topological polar surface area (TPSA) is 95.7 Å². The quantitative estimate of drug-likeness (QED) is 0.514. The summed E-state index contributed by atoms with van der Waals surface area (Å²) >= 11 is 0. The van der Waals surface area contributed by atoms with Crippen LogP contribution in [0.25, 0.3) is 0 Å². The van der Waals surface area contributed by atoms with Crippen LogP contribution in [0.3, 0.4) is 0 Å². The highest BCUT2D eigenvalue weighted by Gasteiger charge is 2.44. The van der Waals surface area contributed by atoms with Gasteiger partial charge in [0, 0.05) is 36.3 Å². The summed E-state index contributed by atoms with van der Waals surface area (Å²) in [5.74, 6) is 0.0753. The Bertz CT molecular complexity index is 1210. The van der Waals surface area contributed by atoms with Crippen molar-refractivity contribution in [1.82, 2.24) is 15.1 Å². The highest BCUT2D eigenvalue weighted by atomic mass is 19.1. The van der Waals surface area contributed by atoms with E-state index in [-0.39, 0.29) is 29.8 Å². The molecule has 1 unspecified atom stereocenters. The standard InChI is InChI=1S/C32H41FN4O3/c1-21-3-2-4-25(17-21)32(40)37(27-13-14-27)28-15-16-36(31(39)24-9-11-26(33)12-10-24)29(18-28)30(38)35-20-23-7-5-22(19-34)6-8-23/h2-4,9-12,17,22-23,27-29H,5-8,13-16,18-20,34H2,1H3,(H,35,38)/t22?,23?,28?,29-/m1/s1. The molecule has 40 heavy (non-hydrogen) atoms. The third-order valence-corrected chi connectivity index (χ3v) is 8.93. The molecule has 2 saturated carbocycles. The summed E-state index contributed by atoms with van der Waals surface area (Å²) in [5, 5.41) is 3.15. The SMILES string of the molecule is Cc1cccc(C(=O)N(C2CC2)C2CCN(C(=O)c3ccc(F)cc3)[C@@H](C(=O)NCC3CCC(CN)CC3)C2)c1. The molecule has 2 aromatic carbocycles. The molecule has 3 amide bonds. The van der Waals surface area contributed by atoms with E-state index in [1.165, 1.54) is 24.3 Å². The van der Waals surface area contributed by atoms with Gasteiger partial charge in [0.25, 0.3) is 11.8 Å². The number of nitrogens with two attached hydrogens (primary N) is 1. The van der Waals surface area contributed by atoms with Crippen LogP contribution in [0.5, 0.6) is 0 Å². The molecular weight excluding hydrogens is 507 g/mol. The van der Waals surface area contributed by atoms with Gasteiger partial charge in [0.15, 0.2) is 0 Å². The van der Waals surface area contributed by atoms with E-state index in [0.717, 1.165) is 44.1 Å². The molecular formula is C32H41FN4O3. The van der Waals surface area contributed by atoms with Gasteiger partial charge in [0.1, 0.15) is 11.9 Å². The smallest absolute Gasteiger partial charge is 0.254 e. The van der Waals surface area contributed by atoms with Crippen LogP contribution in [-0.2, 0) is 4.79 Å². The lowest BCUT2D eigenvalue weighted by Crippen LogP contribution is -2.58. The molecule has 3 N–H and O–H groups in total. The van der Waals surface area contributed by atoms with E-state index < -0.39 is 11.9 Å². The second-order valence-electron chi connectivity index (χ2n) is 11.9. The fourth-order valence-corrected chi connectivity index (χ4v) is 6.39. The predicted molar refractivity (Wildman–Crippen MR) is 152 cm³/mol. The Morgan fingerprint density at radius 3 is 2.27 bits per heavy atom. The molecule has 214 valence electrons. The van der Waals surface area contributed by atoms with Crippen LogP contribution in [0.1, 0.15) is 77.6 Å². The van der Waals surface area contributed by atoms with Gasteiger partial charge in [0.05, 0.1) is 0 Å². The van der Waals surface area contributed by atoms with Gasteiger partial charge >= 0.3 is 0 Å². The average molecular weight is 549 g/mol. The van der Waals surface area contributed by atoms with Crippen LogP contribution < -0.4 is 11.1 Å². The van der Waals surface area contributed by atoms with Crippen LogP contribution in [0.15, 0.2) is 48.5 Å². The van der Waals surface area contributed by atoms with E-state index in [4.69, 9.17) is 5.73 Å². The first-order valence-corrected chi connectivity index (χ1v) is 14.8. The number of piperidine rings is 1. The van der Waals surface area contributed by atoms with Gasteiger partial charge in [-0.25, -0.2) is 4.39 Å². The number of carbonyl (C=O) groups excluding carboxylic acids is 3. The van der Waals surface area contributed by atoms with E-state index in [2.05, 4.69) is 5.32 Å². The van der Waals surface area contributed by atoms with E-state index >= 15 is 0 Å². The van der Waals surface area contributed by atoms with Crippen molar-refractivity contribution in [2.75, 3.05) is 19.6 Å². The lowest BCUT2D eigenvalue weighted by atomic mass is 9.82. The molecule has 1 aliphatic heterocycles. The minimum atomic E-state index is -0.705. The number of carbonyl (C=O) groups is 3. The Kier molecular flexibility index (Phi) is 8.84. The molecule has 7 nitrogen and oxygen atoms in total. The molecule has 0 spiro atoms. The Labute approximate surface area is 236 Å². The number of aryl methyl sites for hydroxylation is 1. The first-order valence-electron chi connectivity index (χ1n) is 14.8. The zero-order chi connectivity index (χ0) is 28.2. The monoisotopic (exact) mass is 548 g/mol. The lowest BCUT2D eigenvalue weighted by molar-refractivity contribution is -0.127. The lowest BCUT2D eigenvalue weighted by Gasteiger charge is -2.43. The summed E-state index contributed by atoms with van der Waals surface area (Å²) in [6.07, 6.45) is 7.11. The molecule has 2 aromatic rings. The summed E-state index contributed by atoms with van der Waals surface area (Å²) < 4.78 is 13.6.